The third-order valence-corrected chi connectivity index (χ3v) is 9.43. The number of aliphatic hydroxyl groups is 1. The van der Waals surface area contributed by atoms with E-state index in [1.54, 1.807) is 13.0 Å². The number of halogens is 3. The molecule has 2 saturated heterocycles. The number of aromatic nitrogens is 3. The highest BCUT2D eigenvalue weighted by Crippen LogP contribution is 2.42. The van der Waals surface area contributed by atoms with Gasteiger partial charge in [0.2, 0.25) is 0 Å². The molecule has 11 heteroatoms. The number of phenolic OH excluding ortho intramolecular Hbond substituents is 1. The standard InChI is InChI=1S/C32H34F3N5O3/c1-3-20-22(34)6-5-17-11-19(42)12-21(25(17)20)28-27(35)29-26-24(36-28)8-7-23(16(2)41)37-30(26)39-31(38-29)43-15-32-9-4-10-40(32)14-18(33)13-32/h5-6,11-12,16,18,23,41-42H,3-4,7-10,13-15H2,1-2H3,(H,37,38,39)/t16-,18-,23-,32+/m1/s1. The van der Waals surface area contributed by atoms with Gasteiger partial charge in [-0.25, -0.2) is 18.2 Å². The van der Waals surface area contributed by atoms with Crippen LogP contribution in [0, 0.1) is 11.6 Å². The molecule has 2 aromatic carbocycles. The van der Waals surface area contributed by atoms with E-state index in [0.717, 1.165) is 19.4 Å². The van der Waals surface area contributed by atoms with E-state index in [9.17, 15) is 19.0 Å². The first-order valence-electron chi connectivity index (χ1n) is 15.0. The molecule has 7 rings (SSSR count). The maximum atomic E-state index is 16.7. The van der Waals surface area contributed by atoms with Crippen molar-refractivity contribution in [2.75, 3.05) is 25.0 Å². The Labute approximate surface area is 246 Å². The van der Waals surface area contributed by atoms with Crippen LogP contribution in [0.1, 0.15) is 50.8 Å². The number of alkyl halides is 1. The SMILES string of the molecule is CCc1c(F)ccc2cc(O)cc(-c3nc4c5c(nc(OC[C@@]67CCCN6C[C@H](F)C7)nc5c3F)N[C@@H]([C@@H](C)O)CC4)c12. The van der Waals surface area contributed by atoms with E-state index in [0.29, 0.717) is 65.5 Å². The van der Waals surface area contributed by atoms with Crippen molar-refractivity contribution < 1.29 is 28.1 Å². The fraction of sp³-hybridized carbons (Fsp3) is 0.469. The van der Waals surface area contributed by atoms with E-state index >= 15 is 4.39 Å². The molecule has 226 valence electrons. The van der Waals surface area contributed by atoms with Crippen LogP contribution in [0.25, 0.3) is 32.9 Å². The smallest absolute Gasteiger partial charge is 0.319 e. The van der Waals surface area contributed by atoms with E-state index in [4.69, 9.17) is 9.72 Å². The van der Waals surface area contributed by atoms with Crippen molar-refractivity contribution in [3.8, 4) is 23.0 Å². The van der Waals surface area contributed by atoms with Gasteiger partial charge in [-0.3, -0.25) is 4.90 Å². The number of aromatic hydroxyl groups is 1. The monoisotopic (exact) mass is 593 g/mol. The molecule has 0 spiro atoms. The molecular formula is C32H34F3N5O3. The Kier molecular flexibility index (Phi) is 6.85. The minimum Gasteiger partial charge on any atom is -0.508 e. The highest BCUT2D eigenvalue weighted by Gasteiger charge is 2.49. The molecule has 0 saturated carbocycles. The molecule has 0 unspecified atom stereocenters. The van der Waals surface area contributed by atoms with Crippen molar-refractivity contribution in [2.24, 2.45) is 0 Å². The van der Waals surface area contributed by atoms with Gasteiger partial charge in [0.25, 0.3) is 0 Å². The van der Waals surface area contributed by atoms with Crippen LogP contribution in [0.4, 0.5) is 19.0 Å². The summed E-state index contributed by atoms with van der Waals surface area (Å²) in [4.78, 5) is 16.0. The van der Waals surface area contributed by atoms with Gasteiger partial charge in [0.05, 0.1) is 28.8 Å². The van der Waals surface area contributed by atoms with Gasteiger partial charge in [-0.1, -0.05) is 13.0 Å². The molecule has 0 radical (unpaired) electrons. The van der Waals surface area contributed by atoms with Gasteiger partial charge in [-0.2, -0.15) is 9.97 Å². The lowest BCUT2D eigenvalue weighted by Crippen LogP contribution is -2.43. The zero-order chi connectivity index (χ0) is 30.0. The minimum atomic E-state index is -0.928. The van der Waals surface area contributed by atoms with Gasteiger partial charge in [0.15, 0.2) is 5.82 Å². The molecule has 4 atom stereocenters. The first kappa shape index (κ1) is 28.1. The molecule has 5 heterocycles. The fourth-order valence-corrected chi connectivity index (χ4v) is 7.33. The minimum absolute atomic E-state index is 0.0275. The summed E-state index contributed by atoms with van der Waals surface area (Å²) >= 11 is 0. The molecule has 2 aromatic heterocycles. The zero-order valence-electron chi connectivity index (χ0n) is 24.1. The van der Waals surface area contributed by atoms with Crippen molar-refractivity contribution in [1.82, 2.24) is 19.9 Å². The summed E-state index contributed by atoms with van der Waals surface area (Å²) in [5.41, 5.74) is 0.633. The molecular weight excluding hydrogens is 559 g/mol. The van der Waals surface area contributed by atoms with Crippen LogP contribution in [0.2, 0.25) is 0 Å². The van der Waals surface area contributed by atoms with E-state index in [1.807, 2.05) is 6.92 Å². The molecule has 4 aromatic rings. The maximum absolute atomic E-state index is 16.7. The Morgan fingerprint density at radius 1 is 1.19 bits per heavy atom. The number of aliphatic hydroxyl groups excluding tert-OH is 1. The number of phenols is 1. The highest BCUT2D eigenvalue weighted by molar-refractivity contribution is 6.02. The largest absolute Gasteiger partial charge is 0.508 e. The Morgan fingerprint density at radius 2 is 2.02 bits per heavy atom. The molecule has 3 aliphatic rings. The normalized spacial score (nSPS) is 24.2. The molecule has 0 aliphatic carbocycles. The van der Waals surface area contributed by atoms with Crippen molar-refractivity contribution in [2.45, 2.75) is 76.2 Å². The van der Waals surface area contributed by atoms with E-state index in [2.05, 4.69) is 20.2 Å². The lowest BCUT2D eigenvalue weighted by molar-refractivity contribution is 0.107. The number of hydrogen-bond acceptors (Lipinski definition) is 8. The lowest BCUT2D eigenvalue weighted by atomic mass is 9.94. The van der Waals surface area contributed by atoms with Crippen LogP contribution >= 0.6 is 0 Å². The molecule has 3 aliphatic heterocycles. The second-order valence-electron chi connectivity index (χ2n) is 12.2. The summed E-state index contributed by atoms with van der Waals surface area (Å²) in [6.45, 7) is 4.83. The Morgan fingerprint density at radius 3 is 2.81 bits per heavy atom. The highest BCUT2D eigenvalue weighted by atomic mass is 19.1. The van der Waals surface area contributed by atoms with Crippen LogP contribution in [-0.4, -0.2) is 73.6 Å². The van der Waals surface area contributed by atoms with Crippen LogP contribution in [0.15, 0.2) is 24.3 Å². The van der Waals surface area contributed by atoms with Crippen molar-refractivity contribution in [1.29, 1.82) is 0 Å². The van der Waals surface area contributed by atoms with E-state index in [1.165, 1.54) is 18.2 Å². The van der Waals surface area contributed by atoms with Crippen LogP contribution in [0.3, 0.4) is 0 Å². The summed E-state index contributed by atoms with van der Waals surface area (Å²) < 4.78 is 52.2. The van der Waals surface area contributed by atoms with Gasteiger partial charge in [-0.05, 0) is 80.1 Å². The van der Waals surface area contributed by atoms with Crippen LogP contribution < -0.4 is 10.1 Å². The number of pyridine rings is 1. The molecule has 0 amide bonds. The van der Waals surface area contributed by atoms with Gasteiger partial charge in [0.1, 0.15) is 41.4 Å². The predicted octanol–water partition coefficient (Wildman–Crippen LogP) is 5.45. The maximum Gasteiger partial charge on any atom is 0.319 e. The number of aryl methyl sites for hydroxylation is 2. The Hall–Kier alpha value is -3.70. The van der Waals surface area contributed by atoms with Crippen molar-refractivity contribution in [3.63, 3.8) is 0 Å². The molecule has 0 bridgehead atoms. The van der Waals surface area contributed by atoms with Crippen molar-refractivity contribution >= 4 is 27.5 Å². The van der Waals surface area contributed by atoms with Gasteiger partial charge < -0.3 is 20.3 Å². The average molecular weight is 594 g/mol. The second kappa shape index (κ2) is 10.5. The van der Waals surface area contributed by atoms with Gasteiger partial charge >= 0.3 is 6.01 Å². The van der Waals surface area contributed by atoms with Crippen LogP contribution in [-0.2, 0) is 12.8 Å². The predicted molar refractivity (Wildman–Crippen MR) is 157 cm³/mol. The quantitative estimate of drug-likeness (QED) is 0.271. The van der Waals surface area contributed by atoms with Gasteiger partial charge in [-0.15, -0.1) is 0 Å². The number of nitrogens with zero attached hydrogens (tertiary/aromatic N) is 4. The first-order chi connectivity index (χ1) is 20.7. The summed E-state index contributed by atoms with van der Waals surface area (Å²) in [7, 11) is 0. The Bertz CT molecular complexity index is 1750. The second-order valence-corrected chi connectivity index (χ2v) is 12.2. The molecule has 2 fully saturated rings. The first-order valence-corrected chi connectivity index (χ1v) is 15.0. The number of fused-ring (bicyclic) bond motifs is 2. The lowest BCUT2D eigenvalue weighted by Gasteiger charge is -2.30. The summed E-state index contributed by atoms with van der Waals surface area (Å²) in [5, 5.41) is 25.7. The number of benzene rings is 2. The Balaban J connectivity index is 1.41. The average Bonchev–Trinajstić information content (AvgIpc) is 3.43. The molecule has 43 heavy (non-hydrogen) atoms. The number of anilines is 1. The van der Waals surface area contributed by atoms with E-state index < -0.39 is 29.4 Å². The van der Waals surface area contributed by atoms with E-state index in [-0.39, 0.29) is 41.2 Å². The third-order valence-electron chi connectivity index (χ3n) is 9.43. The van der Waals surface area contributed by atoms with Crippen molar-refractivity contribution in [3.05, 3.63) is 47.2 Å². The summed E-state index contributed by atoms with van der Waals surface area (Å²) in [6, 6.07) is 5.37. The fourth-order valence-electron chi connectivity index (χ4n) is 7.33. The topological polar surface area (TPSA) is 104 Å². The van der Waals surface area contributed by atoms with Gasteiger partial charge in [0, 0.05) is 18.5 Å². The number of nitrogens with one attached hydrogen (secondary N) is 1. The summed E-state index contributed by atoms with van der Waals surface area (Å²) in [6.07, 6.45) is 1.68. The molecule has 3 N–H and O–H groups in total. The summed E-state index contributed by atoms with van der Waals surface area (Å²) in [5.74, 6) is -0.982. The zero-order valence-corrected chi connectivity index (χ0v) is 24.1. The number of hydrogen-bond donors (Lipinski definition) is 3. The third kappa shape index (κ3) is 4.64. The molecule has 8 nitrogen and oxygen atoms in total. The van der Waals surface area contributed by atoms with Crippen LogP contribution in [0.5, 0.6) is 11.8 Å². The number of rotatable bonds is 6. The number of ether oxygens (including phenoxy) is 1.